The minimum atomic E-state index is -0.619. The van der Waals surface area contributed by atoms with E-state index in [0.717, 1.165) is 23.0 Å². The van der Waals surface area contributed by atoms with Crippen molar-refractivity contribution in [3.8, 4) is 17.1 Å². The first kappa shape index (κ1) is 21.8. The molecule has 0 bridgehead atoms. The van der Waals surface area contributed by atoms with Crippen molar-refractivity contribution in [3.63, 3.8) is 0 Å². The third-order valence-electron chi connectivity index (χ3n) is 6.31. The number of halogens is 1. The molecule has 0 aliphatic carbocycles. The van der Waals surface area contributed by atoms with Gasteiger partial charge in [-0.05, 0) is 44.8 Å². The molecule has 5 rings (SSSR count). The molecule has 2 aromatic carbocycles. The van der Waals surface area contributed by atoms with Gasteiger partial charge in [-0.25, -0.2) is 14.2 Å². The molecular weight excluding hydrogens is 433 g/mol. The monoisotopic (exact) mass is 457 g/mol. The number of fused-ring (bicyclic) bond motifs is 1. The lowest BCUT2D eigenvalue weighted by Crippen LogP contribution is -2.34. The van der Waals surface area contributed by atoms with Crippen LogP contribution in [0, 0.1) is 12.4 Å². The summed E-state index contributed by atoms with van der Waals surface area (Å²) in [5.41, 5.74) is 2.37. The zero-order valence-electron chi connectivity index (χ0n) is 19.2. The van der Waals surface area contributed by atoms with Gasteiger partial charge in [-0.15, -0.1) is 0 Å². The molecule has 4 aromatic rings. The van der Waals surface area contributed by atoms with Crippen molar-refractivity contribution in [2.24, 2.45) is 7.05 Å². The molecule has 0 unspecified atom stereocenters. The Morgan fingerprint density at radius 1 is 1.21 bits per heavy atom. The number of aryl methyl sites for hydroxylation is 1. The average molecular weight is 458 g/mol. The van der Waals surface area contributed by atoms with Gasteiger partial charge in [0.05, 0.1) is 12.1 Å². The molecule has 1 aliphatic heterocycles. The van der Waals surface area contributed by atoms with Crippen LogP contribution in [0.5, 0.6) is 0 Å². The highest BCUT2D eigenvalue weighted by Crippen LogP contribution is 2.29. The average Bonchev–Trinajstić information content (AvgIpc) is 3.55. The molecule has 1 aliphatic rings. The van der Waals surface area contributed by atoms with Crippen LogP contribution in [0.2, 0.25) is 0 Å². The molecule has 8 nitrogen and oxygen atoms in total. The number of benzene rings is 2. The van der Waals surface area contributed by atoms with E-state index in [2.05, 4.69) is 19.8 Å². The van der Waals surface area contributed by atoms with Crippen molar-refractivity contribution in [1.82, 2.24) is 29.1 Å². The summed E-state index contributed by atoms with van der Waals surface area (Å²) < 4.78 is 18.0. The molecule has 2 aromatic heterocycles. The molecule has 1 fully saturated rings. The second-order valence-electron chi connectivity index (χ2n) is 8.80. The van der Waals surface area contributed by atoms with Gasteiger partial charge in [0.1, 0.15) is 17.3 Å². The van der Waals surface area contributed by atoms with Crippen LogP contribution in [0.15, 0.2) is 48.8 Å². The molecule has 172 valence electrons. The quantitative estimate of drug-likeness (QED) is 0.436. The second-order valence-corrected chi connectivity index (χ2v) is 8.80. The van der Waals surface area contributed by atoms with E-state index in [1.807, 2.05) is 50.4 Å². The highest BCUT2D eigenvalue weighted by atomic mass is 19.1. The molecule has 1 amide bonds. The summed E-state index contributed by atoms with van der Waals surface area (Å²) in [5, 5.41) is 5.36. The van der Waals surface area contributed by atoms with Gasteiger partial charge in [-0.2, -0.15) is 5.10 Å². The Hall–Kier alpha value is -4.03. The summed E-state index contributed by atoms with van der Waals surface area (Å²) in [7, 11) is 5.89. The molecule has 0 saturated carbocycles. The minimum absolute atomic E-state index is 0.0540. The van der Waals surface area contributed by atoms with Crippen molar-refractivity contribution in [1.29, 1.82) is 0 Å². The fourth-order valence-electron chi connectivity index (χ4n) is 4.42. The first-order chi connectivity index (χ1) is 16.3. The summed E-state index contributed by atoms with van der Waals surface area (Å²) >= 11 is 0. The van der Waals surface area contributed by atoms with Crippen LogP contribution in [0.3, 0.4) is 0 Å². The topological polar surface area (TPSA) is 63.6 Å². The van der Waals surface area contributed by atoms with Gasteiger partial charge in [-0.1, -0.05) is 12.1 Å². The van der Waals surface area contributed by atoms with E-state index in [4.69, 9.17) is 6.57 Å². The van der Waals surface area contributed by atoms with Crippen molar-refractivity contribution < 1.29 is 9.18 Å². The maximum absolute atomic E-state index is 14.5. The van der Waals surface area contributed by atoms with Gasteiger partial charge in [0.25, 0.3) is 5.91 Å². The van der Waals surface area contributed by atoms with Crippen LogP contribution in [0.1, 0.15) is 16.9 Å². The Kier molecular flexibility index (Phi) is 5.38. The van der Waals surface area contributed by atoms with Crippen LogP contribution in [0.4, 0.5) is 10.1 Å². The third-order valence-corrected chi connectivity index (χ3v) is 6.31. The van der Waals surface area contributed by atoms with E-state index in [1.54, 1.807) is 21.5 Å². The number of likely N-dealkylation sites (tertiary alicyclic amines) is 1. The van der Waals surface area contributed by atoms with Crippen LogP contribution < -0.4 is 0 Å². The van der Waals surface area contributed by atoms with Crippen molar-refractivity contribution in [3.05, 3.63) is 71.7 Å². The summed E-state index contributed by atoms with van der Waals surface area (Å²) in [6.07, 6.45) is 4.53. The predicted octanol–water partition coefficient (Wildman–Crippen LogP) is 3.89. The lowest BCUT2D eigenvalue weighted by molar-refractivity contribution is 0.0778. The van der Waals surface area contributed by atoms with Crippen LogP contribution in [-0.2, 0) is 7.05 Å². The number of hydrogen-bond acceptors (Lipinski definition) is 4. The number of aromatic nitrogens is 4. The highest BCUT2D eigenvalue weighted by Gasteiger charge is 2.30. The fraction of sp³-hybridized carbons (Fsp3) is 0.280. The van der Waals surface area contributed by atoms with Crippen LogP contribution >= 0.6 is 0 Å². The van der Waals surface area contributed by atoms with Gasteiger partial charge >= 0.3 is 0 Å². The van der Waals surface area contributed by atoms with Gasteiger partial charge in [0.2, 0.25) is 5.69 Å². The number of imidazole rings is 1. The van der Waals surface area contributed by atoms with Gasteiger partial charge in [0.15, 0.2) is 0 Å². The van der Waals surface area contributed by atoms with Crippen molar-refractivity contribution >= 4 is 22.5 Å². The standard InChI is InChI=1S/C25H24FN7O/c1-27-22-7-5-16(12-20(22)26)24-28-23(25(34)32-10-9-19(14-32)30(2)3)15-33(24)18-6-8-21-17(11-18)13-31(4)29-21/h5-8,11-13,15,19H,9-10,14H2,2-4H3/t19-/m0/s1. The van der Waals surface area contributed by atoms with E-state index in [-0.39, 0.29) is 11.6 Å². The first-order valence-corrected chi connectivity index (χ1v) is 11.0. The Balaban J connectivity index is 1.60. The zero-order valence-corrected chi connectivity index (χ0v) is 19.2. The van der Waals surface area contributed by atoms with E-state index >= 15 is 0 Å². The van der Waals surface area contributed by atoms with Crippen LogP contribution in [-0.4, -0.2) is 68.3 Å². The number of likely N-dealkylation sites (N-methyl/N-ethyl adjacent to an activating group) is 1. The number of hydrogen-bond donors (Lipinski definition) is 0. The Morgan fingerprint density at radius 3 is 2.74 bits per heavy atom. The second kappa shape index (κ2) is 8.39. The summed E-state index contributed by atoms with van der Waals surface area (Å²) in [5.74, 6) is -0.332. The summed E-state index contributed by atoms with van der Waals surface area (Å²) in [6, 6.07) is 10.5. The zero-order chi connectivity index (χ0) is 24.0. The number of nitrogens with zero attached hydrogens (tertiary/aromatic N) is 7. The molecule has 1 atom stereocenters. The number of carbonyl (C=O) groups excluding carboxylic acids is 1. The summed E-state index contributed by atoms with van der Waals surface area (Å²) in [4.78, 5) is 25.1. The summed E-state index contributed by atoms with van der Waals surface area (Å²) in [6.45, 7) is 8.43. The maximum atomic E-state index is 14.5. The molecule has 0 N–H and O–H groups in total. The number of amides is 1. The molecule has 0 radical (unpaired) electrons. The largest absolute Gasteiger partial charge is 0.336 e. The predicted molar refractivity (Wildman–Crippen MR) is 127 cm³/mol. The van der Waals surface area contributed by atoms with Gasteiger partial charge < -0.3 is 9.80 Å². The van der Waals surface area contributed by atoms with Crippen molar-refractivity contribution in [2.75, 3.05) is 27.2 Å². The van der Waals surface area contributed by atoms with Crippen LogP contribution in [0.25, 0.3) is 32.8 Å². The lowest BCUT2D eigenvalue weighted by atomic mass is 10.1. The molecule has 0 spiro atoms. The Bertz CT molecular complexity index is 1450. The lowest BCUT2D eigenvalue weighted by Gasteiger charge is -2.19. The molecular formula is C25H24FN7O. The van der Waals surface area contributed by atoms with Crippen molar-refractivity contribution in [2.45, 2.75) is 12.5 Å². The molecule has 34 heavy (non-hydrogen) atoms. The number of rotatable bonds is 4. The molecule has 9 heteroatoms. The Morgan fingerprint density at radius 2 is 2.03 bits per heavy atom. The third kappa shape index (κ3) is 3.82. The minimum Gasteiger partial charge on any atom is -0.336 e. The first-order valence-electron chi connectivity index (χ1n) is 11.0. The highest BCUT2D eigenvalue weighted by molar-refractivity contribution is 5.93. The van der Waals surface area contributed by atoms with Gasteiger partial charge in [0, 0.05) is 55.2 Å². The molecule has 3 heterocycles. The van der Waals surface area contributed by atoms with E-state index < -0.39 is 5.82 Å². The van der Waals surface area contributed by atoms with Gasteiger partial charge in [-0.3, -0.25) is 14.0 Å². The van der Waals surface area contributed by atoms with E-state index in [0.29, 0.717) is 36.2 Å². The smallest absolute Gasteiger partial charge is 0.274 e. The SMILES string of the molecule is [C-]#[N+]c1ccc(-c2nc(C(=O)N3CC[C@H](N(C)C)C3)cn2-c2ccc3nn(C)cc3c2)cc1F. The number of carbonyl (C=O) groups is 1. The fourth-order valence-corrected chi connectivity index (χ4v) is 4.42. The van der Waals surface area contributed by atoms with E-state index in [9.17, 15) is 9.18 Å². The van der Waals surface area contributed by atoms with E-state index in [1.165, 1.54) is 12.1 Å². The Labute approximate surface area is 196 Å². The maximum Gasteiger partial charge on any atom is 0.274 e. The molecule has 1 saturated heterocycles. The normalized spacial score (nSPS) is 15.9.